The summed E-state index contributed by atoms with van der Waals surface area (Å²) in [6, 6.07) is 0. The second kappa shape index (κ2) is 16.2. The van der Waals surface area contributed by atoms with Gasteiger partial charge in [-0.1, -0.05) is 27.0 Å². The summed E-state index contributed by atoms with van der Waals surface area (Å²) in [6.07, 6.45) is 3.34. The smallest absolute Gasteiger partial charge is 0.308 e. The summed E-state index contributed by atoms with van der Waals surface area (Å²) in [5.74, 6) is -1.20. The van der Waals surface area contributed by atoms with Crippen LogP contribution in [-0.2, 0) is 52.2 Å². The summed E-state index contributed by atoms with van der Waals surface area (Å²) in [6.45, 7) is 13.1. The molecule has 0 radical (unpaired) electrons. The lowest BCUT2D eigenvalue weighted by molar-refractivity contribution is -0.277. The summed E-state index contributed by atoms with van der Waals surface area (Å²) in [5.41, 5.74) is 2.14. The van der Waals surface area contributed by atoms with E-state index in [1.165, 1.54) is 0 Å². The topological polar surface area (TPSA) is 150 Å². The number of esters is 1. The van der Waals surface area contributed by atoms with Crippen LogP contribution in [0.25, 0.3) is 0 Å². The van der Waals surface area contributed by atoms with E-state index in [0.29, 0.717) is 32.1 Å². The molecular weight excluding hydrogens is 724 g/mol. The van der Waals surface area contributed by atoms with Crippen molar-refractivity contribution in [3.05, 3.63) is 24.3 Å². The largest absolute Gasteiger partial charge is 0.459 e. The summed E-state index contributed by atoms with van der Waals surface area (Å²) in [5, 5.41) is 20.6. The van der Waals surface area contributed by atoms with Gasteiger partial charge >= 0.3 is 5.97 Å². The lowest BCUT2D eigenvalue weighted by atomic mass is 9.79. The Hall–Kier alpha value is -1.49. The fourth-order valence-corrected chi connectivity index (χ4v) is 11.7. The highest BCUT2D eigenvalue weighted by Gasteiger charge is 2.65. The van der Waals surface area contributed by atoms with Crippen molar-refractivity contribution in [1.29, 1.82) is 0 Å². The first kappa shape index (κ1) is 39.9. The molecule has 11 bridgehead atoms. The van der Waals surface area contributed by atoms with Crippen LogP contribution in [0.2, 0.25) is 0 Å². The van der Waals surface area contributed by atoms with E-state index in [1.54, 1.807) is 7.11 Å². The fourth-order valence-electron chi connectivity index (χ4n) is 11.7. The Kier molecular flexibility index (Phi) is 11.5. The van der Waals surface area contributed by atoms with E-state index < -0.39 is 48.5 Å². The average Bonchev–Trinajstić information content (AvgIpc) is 3.74. The molecule has 2 N–H and O–H groups in total. The highest BCUT2D eigenvalue weighted by molar-refractivity contribution is 5.70. The van der Waals surface area contributed by atoms with Crippen molar-refractivity contribution >= 4 is 5.97 Å². The van der Waals surface area contributed by atoms with Crippen LogP contribution in [0.15, 0.2) is 24.3 Å². The Morgan fingerprint density at radius 2 is 1.54 bits per heavy atom. The number of hydrogen-bond donors (Lipinski definition) is 2. The van der Waals surface area contributed by atoms with E-state index in [9.17, 15) is 15.0 Å². The first-order valence-electron chi connectivity index (χ1n) is 21.7. The number of hydrogen-bond acceptors (Lipinski definition) is 13. The van der Waals surface area contributed by atoms with Gasteiger partial charge in [-0.2, -0.15) is 0 Å². The number of rotatable bonds is 3. The number of aliphatic hydroxyl groups is 2. The van der Waals surface area contributed by atoms with Gasteiger partial charge in [0.05, 0.1) is 79.7 Å². The van der Waals surface area contributed by atoms with Gasteiger partial charge < -0.3 is 57.6 Å². The molecule has 13 nitrogen and oxygen atoms in total. The van der Waals surface area contributed by atoms with Gasteiger partial charge in [-0.15, -0.1) is 0 Å². The predicted octanol–water partition coefficient (Wildman–Crippen LogP) is 4.22. The number of methoxy groups -OCH3 is 1. The van der Waals surface area contributed by atoms with Crippen LogP contribution in [0, 0.1) is 11.8 Å². The Balaban J connectivity index is 0.995. The molecule has 10 aliphatic rings. The van der Waals surface area contributed by atoms with Crippen LogP contribution in [0.1, 0.15) is 104 Å². The Bertz CT molecular complexity index is 1460. The lowest BCUT2D eigenvalue weighted by Crippen LogP contribution is -2.61. The maximum absolute atomic E-state index is 14.1. The standard InChI is InChI=1S/C43H64O13/c1-21-15-26-9-10-29-22(2)16-27(48-29)11-13-43-20-35-40(56-43)41(47-5)42(53-35)39(55-43)31-8-6-7-25(49-31)17-36(46)54-38-24(4)37-33(18-28(45)30(52-37)12-14-44)51-34(38)19-32(50-26)23(21)3/h21,24-35,37-42,44-45H,2-3,6-20H2,1,4-5H3/t21-,24+,25-,26+,27+,28-,29+,30-,31+,32-,33+,34+,35-,37+,38-,39+,40+,41+,42+,43-/m1/s1. The highest BCUT2D eigenvalue weighted by atomic mass is 16.8. The Labute approximate surface area is 331 Å². The third-order valence-corrected chi connectivity index (χ3v) is 14.7. The van der Waals surface area contributed by atoms with Crippen molar-refractivity contribution in [3.8, 4) is 0 Å². The molecule has 0 aromatic heterocycles. The third-order valence-electron chi connectivity index (χ3n) is 14.7. The van der Waals surface area contributed by atoms with Gasteiger partial charge in [0.2, 0.25) is 0 Å². The maximum atomic E-state index is 14.1. The van der Waals surface area contributed by atoms with Crippen LogP contribution in [0.4, 0.5) is 0 Å². The van der Waals surface area contributed by atoms with Crippen molar-refractivity contribution in [1.82, 2.24) is 0 Å². The van der Waals surface area contributed by atoms with Crippen LogP contribution < -0.4 is 0 Å². The van der Waals surface area contributed by atoms with Gasteiger partial charge in [-0.3, -0.25) is 4.79 Å². The molecule has 0 saturated carbocycles. The number of ether oxygens (including phenoxy) is 10. The van der Waals surface area contributed by atoms with Crippen molar-refractivity contribution in [2.75, 3.05) is 13.7 Å². The first-order valence-corrected chi connectivity index (χ1v) is 21.7. The minimum atomic E-state index is -0.835. The molecule has 0 aliphatic carbocycles. The lowest BCUT2D eigenvalue weighted by Gasteiger charge is -2.51. The molecule has 0 unspecified atom stereocenters. The number of aliphatic hydroxyl groups excluding tert-OH is 2. The van der Waals surface area contributed by atoms with E-state index in [2.05, 4.69) is 20.1 Å². The molecule has 10 heterocycles. The van der Waals surface area contributed by atoms with Crippen LogP contribution in [0.5, 0.6) is 0 Å². The molecule has 0 aromatic carbocycles. The zero-order valence-electron chi connectivity index (χ0n) is 33.4. The van der Waals surface area contributed by atoms with Crippen LogP contribution >= 0.6 is 0 Å². The fraction of sp³-hybridized carbons (Fsp3) is 0.884. The van der Waals surface area contributed by atoms with Crippen LogP contribution in [-0.4, -0.2) is 139 Å². The minimum Gasteiger partial charge on any atom is -0.459 e. The SMILES string of the molecule is C=C1C[C@@H]2CC[C@]34C[C@H]5O[C@H]([C@@H](OC)[C@H]5O3)[C@@H](O4)[C@@H]3CCC[C@H](CC(=O)O[C@@H]4[C@@H](C)[C@@H]5O[C@H](CCO)[C@H](O)C[C@@H]5O[C@H]4C[C@H]4O[C@@H](CC[C@@H]1O2)C[C@@H](C)C4=C)O3. The molecule has 10 fully saturated rings. The second-order valence-electron chi connectivity index (χ2n) is 18.5. The summed E-state index contributed by atoms with van der Waals surface area (Å²) < 4.78 is 66.4. The monoisotopic (exact) mass is 788 g/mol. The molecule has 0 amide bonds. The summed E-state index contributed by atoms with van der Waals surface area (Å²) in [4.78, 5) is 14.1. The number of carbonyl (C=O) groups is 1. The van der Waals surface area contributed by atoms with E-state index >= 15 is 0 Å². The van der Waals surface area contributed by atoms with E-state index in [1.807, 2.05) is 6.92 Å². The molecule has 10 saturated heterocycles. The zero-order chi connectivity index (χ0) is 38.9. The van der Waals surface area contributed by atoms with Crippen molar-refractivity contribution < 1.29 is 62.4 Å². The van der Waals surface area contributed by atoms with Gasteiger partial charge in [0.1, 0.15) is 30.5 Å². The molecule has 20 atom stereocenters. The predicted molar refractivity (Wildman–Crippen MR) is 199 cm³/mol. The normalized spacial score (nSPS) is 52.3. The van der Waals surface area contributed by atoms with Crippen molar-refractivity contribution in [3.63, 3.8) is 0 Å². The molecule has 1 spiro atoms. The zero-order valence-corrected chi connectivity index (χ0v) is 33.4. The molecule has 314 valence electrons. The van der Waals surface area contributed by atoms with Gasteiger partial charge in [0.15, 0.2) is 5.79 Å². The summed E-state index contributed by atoms with van der Waals surface area (Å²) >= 11 is 0. The quantitative estimate of drug-likeness (QED) is 0.311. The first-order chi connectivity index (χ1) is 27.0. The van der Waals surface area contributed by atoms with E-state index in [-0.39, 0.29) is 91.9 Å². The van der Waals surface area contributed by atoms with E-state index in [0.717, 1.165) is 62.5 Å². The second-order valence-corrected chi connectivity index (χ2v) is 18.5. The minimum absolute atomic E-state index is 0.00158. The molecule has 13 heteroatoms. The number of fused-ring (bicyclic) bond motifs is 8. The van der Waals surface area contributed by atoms with Gasteiger partial charge in [0.25, 0.3) is 0 Å². The molecular formula is C43H64O13. The number of carbonyl (C=O) groups excluding carboxylic acids is 1. The van der Waals surface area contributed by atoms with Crippen molar-refractivity contribution in [2.45, 2.75) is 213 Å². The molecule has 56 heavy (non-hydrogen) atoms. The van der Waals surface area contributed by atoms with Crippen molar-refractivity contribution in [2.24, 2.45) is 11.8 Å². The van der Waals surface area contributed by atoms with E-state index in [4.69, 9.17) is 47.4 Å². The summed E-state index contributed by atoms with van der Waals surface area (Å²) in [7, 11) is 1.71. The third kappa shape index (κ3) is 7.59. The van der Waals surface area contributed by atoms with Crippen LogP contribution in [0.3, 0.4) is 0 Å². The average molecular weight is 789 g/mol. The van der Waals surface area contributed by atoms with Gasteiger partial charge in [-0.25, -0.2) is 0 Å². The maximum Gasteiger partial charge on any atom is 0.308 e. The highest BCUT2D eigenvalue weighted by Crippen LogP contribution is 2.52. The molecule has 10 rings (SSSR count). The molecule has 10 aliphatic heterocycles. The Morgan fingerprint density at radius 1 is 0.750 bits per heavy atom. The van der Waals surface area contributed by atoms with Gasteiger partial charge in [0, 0.05) is 45.3 Å². The Morgan fingerprint density at radius 3 is 2.36 bits per heavy atom. The van der Waals surface area contributed by atoms with Gasteiger partial charge in [-0.05, 0) is 74.9 Å². The molecule has 0 aromatic rings.